The Labute approximate surface area is 108 Å². The number of aliphatic hydroxyl groups is 2. The summed E-state index contributed by atoms with van der Waals surface area (Å²) in [5.41, 5.74) is 1.33. The molecular formula is C13H24N2O3. The summed E-state index contributed by atoms with van der Waals surface area (Å²) in [4.78, 5) is 2.16. The third-order valence-corrected chi connectivity index (χ3v) is 4.11. The second-order valence-electron chi connectivity index (χ2n) is 5.41. The van der Waals surface area contributed by atoms with E-state index in [1.165, 1.54) is 10.6 Å². The van der Waals surface area contributed by atoms with Crippen LogP contribution in [0.2, 0.25) is 0 Å². The van der Waals surface area contributed by atoms with Gasteiger partial charge in [0.2, 0.25) is 0 Å². The van der Waals surface area contributed by atoms with Crippen LogP contribution in [0.1, 0.15) is 19.8 Å². The van der Waals surface area contributed by atoms with E-state index in [1.54, 1.807) is 0 Å². The summed E-state index contributed by atoms with van der Waals surface area (Å²) in [6.07, 6.45) is 3.42. The van der Waals surface area contributed by atoms with E-state index >= 15 is 0 Å². The third kappa shape index (κ3) is 3.10. The predicted octanol–water partition coefficient (Wildman–Crippen LogP) is 0.0713. The predicted molar refractivity (Wildman–Crippen MR) is 68.3 cm³/mol. The normalized spacial score (nSPS) is 34.9. The van der Waals surface area contributed by atoms with E-state index in [0.29, 0.717) is 32.0 Å². The lowest BCUT2D eigenvalue weighted by molar-refractivity contribution is -0.0940. The van der Waals surface area contributed by atoms with Crippen molar-refractivity contribution >= 4 is 0 Å². The first-order valence-electron chi connectivity index (χ1n) is 6.79. The number of aliphatic hydroxyl groups excluding tert-OH is 2. The Morgan fingerprint density at radius 2 is 2.17 bits per heavy atom. The van der Waals surface area contributed by atoms with Crippen LogP contribution in [-0.4, -0.2) is 70.3 Å². The Balaban J connectivity index is 1.99. The quantitative estimate of drug-likeness (QED) is 0.621. The lowest BCUT2D eigenvalue weighted by atomic mass is 9.92. The van der Waals surface area contributed by atoms with E-state index in [-0.39, 0.29) is 18.8 Å². The van der Waals surface area contributed by atoms with Gasteiger partial charge in [0, 0.05) is 32.2 Å². The second kappa shape index (κ2) is 6.12. The number of nitrogens with zero attached hydrogens (tertiary/aromatic N) is 2. The van der Waals surface area contributed by atoms with Crippen LogP contribution >= 0.6 is 0 Å². The average Bonchev–Trinajstić information content (AvgIpc) is 2.71. The van der Waals surface area contributed by atoms with Crippen molar-refractivity contribution in [2.75, 3.05) is 32.8 Å². The van der Waals surface area contributed by atoms with Crippen molar-refractivity contribution in [3.63, 3.8) is 0 Å². The highest BCUT2D eigenvalue weighted by Gasteiger charge is 2.32. The molecule has 1 saturated heterocycles. The molecule has 3 atom stereocenters. The van der Waals surface area contributed by atoms with Gasteiger partial charge < -0.3 is 15.4 Å². The zero-order valence-corrected chi connectivity index (χ0v) is 11.0. The molecule has 0 saturated carbocycles. The van der Waals surface area contributed by atoms with Gasteiger partial charge in [-0.05, 0) is 18.8 Å². The van der Waals surface area contributed by atoms with Gasteiger partial charge in [-0.1, -0.05) is 18.6 Å². The molecule has 18 heavy (non-hydrogen) atoms. The molecule has 2 aliphatic heterocycles. The topological polar surface area (TPSA) is 67.2 Å². The van der Waals surface area contributed by atoms with Crippen LogP contribution in [0.25, 0.3) is 0 Å². The lowest BCUT2D eigenvalue weighted by Crippen LogP contribution is -2.39. The molecule has 1 unspecified atom stereocenters. The molecule has 0 aliphatic carbocycles. The molecule has 3 N–H and O–H groups in total. The molecule has 104 valence electrons. The summed E-state index contributed by atoms with van der Waals surface area (Å²) >= 11 is 0. The summed E-state index contributed by atoms with van der Waals surface area (Å²) in [7, 11) is 0. The Bertz CT molecular complexity index is 309. The van der Waals surface area contributed by atoms with Crippen LogP contribution in [0.5, 0.6) is 0 Å². The van der Waals surface area contributed by atoms with Crippen LogP contribution in [0.15, 0.2) is 11.6 Å². The molecule has 0 spiro atoms. The van der Waals surface area contributed by atoms with Crippen molar-refractivity contribution in [2.24, 2.45) is 5.92 Å². The van der Waals surface area contributed by atoms with Gasteiger partial charge in [-0.25, -0.2) is 0 Å². The van der Waals surface area contributed by atoms with Gasteiger partial charge in [0.05, 0.1) is 12.7 Å². The first-order valence-corrected chi connectivity index (χ1v) is 6.79. The molecule has 0 bridgehead atoms. The zero-order valence-electron chi connectivity index (χ0n) is 11.0. The van der Waals surface area contributed by atoms with Gasteiger partial charge >= 0.3 is 0 Å². The highest BCUT2D eigenvalue weighted by atomic mass is 16.5. The number of rotatable bonds is 4. The number of hydrogen-bond acceptors (Lipinski definition) is 5. The molecule has 0 amide bonds. The van der Waals surface area contributed by atoms with Crippen LogP contribution in [-0.2, 0) is 0 Å². The Morgan fingerprint density at radius 3 is 2.83 bits per heavy atom. The molecule has 0 aromatic carbocycles. The number of likely N-dealkylation sites (tertiary alicyclic amines) is 1. The minimum atomic E-state index is -0.319. The number of hydroxylamine groups is 2. The molecule has 0 aromatic heterocycles. The molecule has 2 heterocycles. The fourth-order valence-electron chi connectivity index (χ4n) is 3.00. The number of β-amino-alcohol motifs (C(OH)–C–C–N with tert-alkyl or cyclic N) is 1. The van der Waals surface area contributed by atoms with Crippen molar-refractivity contribution in [3.8, 4) is 0 Å². The van der Waals surface area contributed by atoms with Gasteiger partial charge in [-0.3, -0.25) is 4.90 Å². The molecule has 0 aromatic rings. The fourth-order valence-corrected chi connectivity index (χ4v) is 3.00. The van der Waals surface area contributed by atoms with Crippen LogP contribution in [0.3, 0.4) is 0 Å². The summed E-state index contributed by atoms with van der Waals surface area (Å²) < 4.78 is 0. The maximum atomic E-state index is 9.68. The molecule has 0 radical (unpaired) electrons. The SMILES string of the molecule is CCC1CN(O)CC=C1CN1C[C@H](O)C[C@H]1CO. The van der Waals surface area contributed by atoms with E-state index in [9.17, 15) is 15.4 Å². The summed E-state index contributed by atoms with van der Waals surface area (Å²) in [6.45, 7) is 4.93. The first kappa shape index (κ1) is 14.0. The van der Waals surface area contributed by atoms with Crippen LogP contribution in [0, 0.1) is 5.92 Å². The summed E-state index contributed by atoms with van der Waals surface area (Å²) in [6, 6.07) is 0.0746. The van der Waals surface area contributed by atoms with E-state index in [2.05, 4.69) is 17.9 Å². The number of hydrogen-bond donors (Lipinski definition) is 3. The molecule has 1 fully saturated rings. The van der Waals surface area contributed by atoms with E-state index in [1.807, 2.05) is 0 Å². The Hall–Kier alpha value is -0.460. The lowest BCUT2D eigenvalue weighted by Gasteiger charge is -2.32. The monoisotopic (exact) mass is 256 g/mol. The molecule has 2 aliphatic rings. The van der Waals surface area contributed by atoms with Gasteiger partial charge in [-0.15, -0.1) is 0 Å². The van der Waals surface area contributed by atoms with Crippen molar-refractivity contribution in [2.45, 2.75) is 31.9 Å². The standard InChI is InChI=1S/C13H24N2O3/c1-2-10-7-15(18)4-3-11(10)6-14-8-13(17)5-12(14)9-16/h3,10,12-13,16-18H,2,4-9H2,1H3/t10?,12-,13+/m0/s1. The molecule has 2 rings (SSSR count). The average molecular weight is 256 g/mol. The van der Waals surface area contributed by atoms with Crippen molar-refractivity contribution in [1.82, 2.24) is 9.96 Å². The molecular weight excluding hydrogens is 232 g/mol. The van der Waals surface area contributed by atoms with Gasteiger partial charge in [-0.2, -0.15) is 5.06 Å². The molecule has 5 nitrogen and oxygen atoms in total. The highest BCUT2D eigenvalue weighted by Crippen LogP contribution is 2.25. The third-order valence-electron chi connectivity index (χ3n) is 4.11. The minimum absolute atomic E-state index is 0.0746. The van der Waals surface area contributed by atoms with Gasteiger partial charge in [0.15, 0.2) is 0 Å². The van der Waals surface area contributed by atoms with Crippen LogP contribution < -0.4 is 0 Å². The Morgan fingerprint density at radius 1 is 1.39 bits per heavy atom. The fraction of sp³-hybridized carbons (Fsp3) is 0.846. The van der Waals surface area contributed by atoms with Crippen LogP contribution in [0.4, 0.5) is 0 Å². The smallest absolute Gasteiger partial charge is 0.0683 e. The summed E-state index contributed by atoms with van der Waals surface area (Å²) in [5.74, 6) is 0.376. The summed E-state index contributed by atoms with van der Waals surface area (Å²) in [5, 5.41) is 29.9. The minimum Gasteiger partial charge on any atom is -0.395 e. The van der Waals surface area contributed by atoms with E-state index < -0.39 is 0 Å². The largest absolute Gasteiger partial charge is 0.395 e. The molecule has 5 heteroatoms. The Kier molecular flexibility index (Phi) is 4.75. The maximum Gasteiger partial charge on any atom is 0.0683 e. The maximum absolute atomic E-state index is 9.68. The van der Waals surface area contributed by atoms with E-state index in [0.717, 1.165) is 13.0 Å². The van der Waals surface area contributed by atoms with Crippen molar-refractivity contribution in [3.05, 3.63) is 11.6 Å². The van der Waals surface area contributed by atoms with E-state index in [4.69, 9.17) is 0 Å². The zero-order chi connectivity index (χ0) is 13.1. The highest BCUT2D eigenvalue weighted by molar-refractivity contribution is 5.14. The van der Waals surface area contributed by atoms with Gasteiger partial charge in [0.1, 0.15) is 0 Å². The first-order chi connectivity index (χ1) is 8.63. The second-order valence-corrected chi connectivity index (χ2v) is 5.41. The van der Waals surface area contributed by atoms with Gasteiger partial charge in [0.25, 0.3) is 0 Å². The van der Waals surface area contributed by atoms with Crippen molar-refractivity contribution < 1.29 is 15.4 Å². The van der Waals surface area contributed by atoms with Crippen molar-refractivity contribution in [1.29, 1.82) is 0 Å².